The van der Waals surface area contributed by atoms with Gasteiger partial charge >= 0.3 is 0 Å². The first kappa shape index (κ1) is 15.4. The predicted molar refractivity (Wildman–Crippen MR) is 98.8 cm³/mol. The lowest BCUT2D eigenvalue weighted by atomic mass is 10.0. The first-order valence-electron chi connectivity index (χ1n) is 7.79. The summed E-state index contributed by atoms with van der Waals surface area (Å²) in [7, 11) is 0. The van der Waals surface area contributed by atoms with Crippen LogP contribution in [-0.4, -0.2) is 15.0 Å². The van der Waals surface area contributed by atoms with E-state index in [0.29, 0.717) is 6.54 Å². The second-order valence-electron chi connectivity index (χ2n) is 5.78. The van der Waals surface area contributed by atoms with Crippen LogP contribution in [-0.2, 0) is 6.54 Å². The highest BCUT2D eigenvalue weighted by molar-refractivity contribution is 7.80. The maximum Gasteiger partial charge on any atom is 0.170 e. The average Bonchev–Trinajstić information content (AvgIpc) is 3.31. The molecule has 2 unspecified atom stereocenters. The van der Waals surface area contributed by atoms with Gasteiger partial charge in [0.15, 0.2) is 5.11 Å². The number of rotatable bonds is 4. The van der Waals surface area contributed by atoms with Gasteiger partial charge in [-0.3, -0.25) is 4.98 Å². The Morgan fingerprint density at radius 3 is 2.83 bits per heavy atom. The zero-order valence-electron chi connectivity index (χ0n) is 13.2. The summed E-state index contributed by atoms with van der Waals surface area (Å²) in [5, 5.41) is 4.18. The summed E-state index contributed by atoms with van der Waals surface area (Å²) in [5.74, 6) is 0.902. The van der Waals surface area contributed by atoms with E-state index < -0.39 is 0 Å². The van der Waals surface area contributed by atoms with Crippen molar-refractivity contribution in [2.24, 2.45) is 0 Å². The van der Waals surface area contributed by atoms with Crippen LogP contribution in [0.1, 0.15) is 33.3 Å². The maximum absolute atomic E-state index is 5.62. The lowest BCUT2D eigenvalue weighted by Crippen LogP contribution is -2.28. The van der Waals surface area contributed by atoms with Crippen molar-refractivity contribution in [2.45, 2.75) is 25.6 Å². The molecule has 0 radical (unpaired) electrons. The Balaban J connectivity index is 1.73. The summed E-state index contributed by atoms with van der Waals surface area (Å²) < 4.78 is 5.53. The molecule has 0 amide bonds. The third-order valence-electron chi connectivity index (χ3n) is 4.16. The number of aryl methyl sites for hydroxylation is 1. The number of hydrogen-bond acceptors (Lipinski definition) is 4. The Kier molecular flexibility index (Phi) is 4.08. The van der Waals surface area contributed by atoms with Gasteiger partial charge in [-0.15, -0.1) is 11.3 Å². The van der Waals surface area contributed by atoms with Crippen molar-refractivity contribution in [3.05, 3.63) is 76.1 Å². The Morgan fingerprint density at radius 2 is 2.17 bits per heavy atom. The molecule has 0 bridgehead atoms. The Bertz CT molecular complexity index is 829. The number of pyridine rings is 1. The molecule has 1 saturated heterocycles. The summed E-state index contributed by atoms with van der Waals surface area (Å²) in [6.07, 6.45) is 3.52. The van der Waals surface area contributed by atoms with Gasteiger partial charge in [0.1, 0.15) is 5.76 Å². The van der Waals surface area contributed by atoms with Crippen LogP contribution in [0.15, 0.2) is 59.3 Å². The van der Waals surface area contributed by atoms with E-state index in [-0.39, 0.29) is 12.1 Å². The molecule has 0 spiro atoms. The Hall–Kier alpha value is -2.18. The normalized spacial score (nSPS) is 20.4. The van der Waals surface area contributed by atoms with Gasteiger partial charge in [-0.2, -0.15) is 0 Å². The lowest BCUT2D eigenvalue weighted by molar-refractivity contribution is 0.291. The molecule has 1 aliphatic rings. The SMILES string of the molecule is Cc1ccc(C2C(c3ccccn3)NC(=S)N2Cc2ccco2)s1. The van der Waals surface area contributed by atoms with Gasteiger partial charge in [0, 0.05) is 16.0 Å². The van der Waals surface area contributed by atoms with E-state index in [1.807, 2.05) is 36.5 Å². The molecule has 4 heterocycles. The smallest absolute Gasteiger partial charge is 0.170 e. The van der Waals surface area contributed by atoms with Gasteiger partial charge < -0.3 is 14.6 Å². The topological polar surface area (TPSA) is 41.3 Å². The molecule has 122 valence electrons. The molecular weight excluding hydrogens is 338 g/mol. The molecule has 1 aliphatic heterocycles. The lowest BCUT2D eigenvalue weighted by Gasteiger charge is -2.26. The number of hydrogen-bond donors (Lipinski definition) is 1. The molecular formula is C18H17N3OS2. The van der Waals surface area contributed by atoms with Crippen LogP contribution in [0.2, 0.25) is 0 Å². The van der Waals surface area contributed by atoms with Gasteiger partial charge in [0.2, 0.25) is 0 Å². The van der Waals surface area contributed by atoms with Crippen molar-refractivity contribution in [3.63, 3.8) is 0 Å². The molecule has 3 aromatic heterocycles. The van der Waals surface area contributed by atoms with E-state index in [0.717, 1.165) is 16.6 Å². The molecule has 3 aromatic rings. The van der Waals surface area contributed by atoms with Crippen molar-refractivity contribution >= 4 is 28.7 Å². The number of nitrogens with one attached hydrogen (secondary N) is 1. The second kappa shape index (κ2) is 6.37. The van der Waals surface area contributed by atoms with Crippen LogP contribution in [0.25, 0.3) is 0 Å². The molecule has 1 N–H and O–H groups in total. The zero-order chi connectivity index (χ0) is 16.5. The summed E-state index contributed by atoms with van der Waals surface area (Å²) in [5.41, 5.74) is 0.998. The molecule has 6 heteroatoms. The molecule has 24 heavy (non-hydrogen) atoms. The number of aromatic nitrogens is 1. The van der Waals surface area contributed by atoms with Gasteiger partial charge in [0.05, 0.1) is 30.6 Å². The first-order valence-corrected chi connectivity index (χ1v) is 9.01. The van der Waals surface area contributed by atoms with Gasteiger partial charge in [0.25, 0.3) is 0 Å². The van der Waals surface area contributed by atoms with Gasteiger partial charge in [-0.05, 0) is 55.5 Å². The fourth-order valence-corrected chi connectivity index (χ4v) is 4.40. The Morgan fingerprint density at radius 1 is 1.25 bits per heavy atom. The third-order valence-corrected chi connectivity index (χ3v) is 5.58. The van der Waals surface area contributed by atoms with Crippen LogP contribution in [0.5, 0.6) is 0 Å². The van der Waals surface area contributed by atoms with E-state index in [2.05, 4.69) is 34.3 Å². The maximum atomic E-state index is 5.62. The molecule has 0 aromatic carbocycles. The molecule has 4 rings (SSSR count). The summed E-state index contributed by atoms with van der Waals surface area (Å²) in [4.78, 5) is 9.31. The van der Waals surface area contributed by atoms with Crippen molar-refractivity contribution in [1.29, 1.82) is 0 Å². The van der Waals surface area contributed by atoms with E-state index in [1.165, 1.54) is 9.75 Å². The largest absolute Gasteiger partial charge is 0.467 e. The highest BCUT2D eigenvalue weighted by Gasteiger charge is 2.40. The summed E-state index contributed by atoms with van der Waals surface area (Å²) in [6.45, 7) is 2.77. The molecule has 2 atom stereocenters. The number of furan rings is 1. The van der Waals surface area contributed by atoms with Crippen LogP contribution in [0.4, 0.5) is 0 Å². The van der Waals surface area contributed by atoms with Crippen molar-refractivity contribution in [3.8, 4) is 0 Å². The number of thiophene rings is 1. The second-order valence-corrected chi connectivity index (χ2v) is 7.49. The van der Waals surface area contributed by atoms with E-state index in [9.17, 15) is 0 Å². The van der Waals surface area contributed by atoms with Crippen LogP contribution in [0, 0.1) is 6.92 Å². The zero-order valence-corrected chi connectivity index (χ0v) is 14.8. The standard InChI is InChI=1S/C18H17N3OS2/c1-12-7-8-15(24-12)17-16(14-6-2-3-9-19-14)20-18(23)21(17)11-13-5-4-10-22-13/h2-10,16-17H,11H2,1H3,(H,20,23). The molecule has 0 aliphatic carbocycles. The van der Waals surface area contributed by atoms with Crippen molar-refractivity contribution in [1.82, 2.24) is 15.2 Å². The minimum Gasteiger partial charge on any atom is -0.467 e. The minimum atomic E-state index is 0.0340. The van der Waals surface area contributed by atoms with Gasteiger partial charge in [-0.25, -0.2) is 0 Å². The highest BCUT2D eigenvalue weighted by atomic mass is 32.1. The predicted octanol–water partition coefficient (Wildman–Crippen LogP) is 4.22. The van der Waals surface area contributed by atoms with Crippen LogP contribution < -0.4 is 5.32 Å². The van der Waals surface area contributed by atoms with Crippen LogP contribution in [0.3, 0.4) is 0 Å². The van der Waals surface area contributed by atoms with E-state index >= 15 is 0 Å². The van der Waals surface area contributed by atoms with E-state index in [4.69, 9.17) is 16.6 Å². The Labute approximate surface area is 150 Å². The first-order chi connectivity index (χ1) is 11.7. The minimum absolute atomic E-state index is 0.0340. The number of nitrogens with zero attached hydrogens (tertiary/aromatic N) is 2. The average molecular weight is 355 g/mol. The third kappa shape index (κ3) is 2.83. The molecule has 1 fully saturated rings. The quantitative estimate of drug-likeness (QED) is 0.710. The monoisotopic (exact) mass is 355 g/mol. The van der Waals surface area contributed by atoms with Gasteiger partial charge in [-0.1, -0.05) is 6.07 Å². The summed E-state index contributed by atoms with van der Waals surface area (Å²) >= 11 is 7.43. The van der Waals surface area contributed by atoms with Crippen molar-refractivity contribution < 1.29 is 4.42 Å². The summed E-state index contributed by atoms with van der Waals surface area (Å²) in [6, 6.07) is 14.4. The number of thiocarbonyl (C=S) groups is 1. The highest BCUT2D eigenvalue weighted by Crippen LogP contribution is 2.41. The molecule has 0 saturated carbocycles. The van der Waals surface area contributed by atoms with E-state index in [1.54, 1.807) is 17.6 Å². The molecule has 4 nitrogen and oxygen atoms in total. The fourth-order valence-electron chi connectivity index (χ4n) is 3.07. The van der Waals surface area contributed by atoms with Crippen LogP contribution >= 0.6 is 23.6 Å². The fraction of sp³-hybridized carbons (Fsp3) is 0.222. The van der Waals surface area contributed by atoms with Crippen molar-refractivity contribution in [2.75, 3.05) is 0 Å².